The van der Waals surface area contributed by atoms with Crippen LogP contribution in [0.25, 0.3) is 0 Å². The number of para-hydroxylation sites is 1. The van der Waals surface area contributed by atoms with Crippen molar-refractivity contribution >= 4 is 11.8 Å². The number of aromatic nitrogens is 2. The van der Waals surface area contributed by atoms with E-state index in [0.717, 1.165) is 17.5 Å². The lowest BCUT2D eigenvalue weighted by atomic mass is 9.90. The van der Waals surface area contributed by atoms with Crippen molar-refractivity contribution in [1.29, 1.82) is 0 Å². The molecule has 0 N–H and O–H groups in total. The zero-order chi connectivity index (χ0) is 22.8. The van der Waals surface area contributed by atoms with Crippen LogP contribution in [-0.4, -0.2) is 69.5 Å². The summed E-state index contributed by atoms with van der Waals surface area (Å²) < 4.78 is 25.6. The number of piperidine rings is 1. The number of fused-ring (bicyclic) bond motifs is 1. The first-order valence-corrected chi connectivity index (χ1v) is 11.1. The molecule has 4 heterocycles. The summed E-state index contributed by atoms with van der Waals surface area (Å²) in [6.07, 6.45) is 7.26. The standard InChI is InChI=1S/C24H25FN4O4/c25-21-14-26-13-18(27-21)22(30)28-10-8-24(9-11-28)16-29(23(31)20-7-3-4-12-32-20)15-17-5-1-2-6-19(17)33-24/h1-6,13-14,20H,7-12,15-16H2. The first kappa shape index (κ1) is 21.5. The van der Waals surface area contributed by atoms with E-state index in [0.29, 0.717) is 52.0 Å². The van der Waals surface area contributed by atoms with Gasteiger partial charge in [-0.15, -0.1) is 0 Å². The summed E-state index contributed by atoms with van der Waals surface area (Å²) in [5.74, 6) is -0.436. The number of likely N-dealkylation sites (tertiary alicyclic amines) is 1. The monoisotopic (exact) mass is 452 g/mol. The van der Waals surface area contributed by atoms with Crippen LogP contribution in [0, 0.1) is 5.95 Å². The van der Waals surface area contributed by atoms with Crippen LogP contribution >= 0.6 is 0 Å². The third-order valence-corrected chi connectivity index (χ3v) is 6.42. The molecule has 1 spiro atoms. The first-order valence-electron chi connectivity index (χ1n) is 11.1. The Kier molecular flexibility index (Phi) is 5.80. The van der Waals surface area contributed by atoms with E-state index in [1.54, 1.807) is 4.90 Å². The number of carbonyl (C=O) groups is 2. The number of rotatable bonds is 2. The van der Waals surface area contributed by atoms with Crippen molar-refractivity contribution < 1.29 is 23.5 Å². The Bertz CT molecular complexity index is 1080. The molecule has 8 nitrogen and oxygen atoms in total. The summed E-state index contributed by atoms with van der Waals surface area (Å²) in [6.45, 7) is 2.10. The van der Waals surface area contributed by atoms with Crippen molar-refractivity contribution in [1.82, 2.24) is 19.8 Å². The van der Waals surface area contributed by atoms with E-state index in [4.69, 9.17) is 9.47 Å². The Hall–Kier alpha value is -3.33. The van der Waals surface area contributed by atoms with Gasteiger partial charge in [0.25, 0.3) is 11.8 Å². The molecular weight excluding hydrogens is 427 g/mol. The largest absolute Gasteiger partial charge is 0.485 e. The van der Waals surface area contributed by atoms with Gasteiger partial charge in [0, 0.05) is 44.5 Å². The maximum absolute atomic E-state index is 13.4. The van der Waals surface area contributed by atoms with Gasteiger partial charge in [0.1, 0.15) is 23.1 Å². The number of benzene rings is 1. The Morgan fingerprint density at radius 3 is 2.67 bits per heavy atom. The average molecular weight is 452 g/mol. The van der Waals surface area contributed by atoms with Crippen LogP contribution in [0.2, 0.25) is 0 Å². The predicted molar refractivity (Wildman–Crippen MR) is 116 cm³/mol. The number of halogens is 1. The van der Waals surface area contributed by atoms with Crippen molar-refractivity contribution in [3.8, 4) is 5.75 Å². The fourth-order valence-electron chi connectivity index (χ4n) is 4.65. The fourth-order valence-corrected chi connectivity index (χ4v) is 4.65. The lowest BCUT2D eigenvalue weighted by Crippen LogP contribution is -2.56. The normalized spacial score (nSPS) is 21.8. The molecule has 0 saturated carbocycles. The molecule has 1 atom stereocenters. The van der Waals surface area contributed by atoms with Crippen LogP contribution < -0.4 is 4.74 Å². The summed E-state index contributed by atoms with van der Waals surface area (Å²) >= 11 is 0. The molecule has 2 aromatic rings. The molecule has 3 aliphatic rings. The van der Waals surface area contributed by atoms with Crippen LogP contribution in [0.4, 0.5) is 4.39 Å². The van der Waals surface area contributed by atoms with E-state index < -0.39 is 17.7 Å². The Labute approximate surface area is 191 Å². The van der Waals surface area contributed by atoms with Gasteiger partial charge in [0.2, 0.25) is 5.95 Å². The number of ether oxygens (including phenoxy) is 2. The van der Waals surface area contributed by atoms with Crippen LogP contribution in [0.15, 0.2) is 48.8 Å². The topological polar surface area (TPSA) is 84.9 Å². The van der Waals surface area contributed by atoms with E-state index in [2.05, 4.69) is 9.97 Å². The fraction of sp³-hybridized carbons (Fsp3) is 0.417. The van der Waals surface area contributed by atoms with E-state index in [1.165, 1.54) is 6.20 Å². The van der Waals surface area contributed by atoms with E-state index >= 15 is 0 Å². The van der Waals surface area contributed by atoms with E-state index in [1.807, 2.05) is 41.3 Å². The Morgan fingerprint density at radius 1 is 1.09 bits per heavy atom. The van der Waals surface area contributed by atoms with Gasteiger partial charge in [-0.3, -0.25) is 14.6 Å². The number of amides is 2. The second kappa shape index (κ2) is 8.90. The van der Waals surface area contributed by atoms with Gasteiger partial charge in [-0.1, -0.05) is 30.4 Å². The Morgan fingerprint density at radius 2 is 1.91 bits per heavy atom. The molecule has 3 aliphatic heterocycles. The van der Waals surface area contributed by atoms with Crippen molar-refractivity contribution in [3.63, 3.8) is 0 Å². The van der Waals surface area contributed by atoms with Gasteiger partial charge in [-0.2, -0.15) is 4.39 Å². The second-order valence-corrected chi connectivity index (χ2v) is 8.64. The summed E-state index contributed by atoms with van der Waals surface area (Å²) in [5, 5.41) is 0. The zero-order valence-electron chi connectivity index (χ0n) is 18.2. The number of carbonyl (C=O) groups excluding carboxylic acids is 2. The summed E-state index contributed by atoms with van der Waals surface area (Å²) in [5.41, 5.74) is 0.303. The van der Waals surface area contributed by atoms with E-state index in [9.17, 15) is 14.0 Å². The van der Waals surface area contributed by atoms with Gasteiger partial charge >= 0.3 is 0 Å². The van der Waals surface area contributed by atoms with Gasteiger partial charge in [-0.05, 0) is 6.07 Å². The summed E-state index contributed by atoms with van der Waals surface area (Å²) in [4.78, 5) is 37.0. The van der Waals surface area contributed by atoms with Crippen molar-refractivity contribution in [2.45, 2.75) is 37.5 Å². The molecule has 9 heteroatoms. The number of hydrogen-bond donors (Lipinski definition) is 0. The van der Waals surface area contributed by atoms with Crippen LogP contribution in [0.1, 0.15) is 35.3 Å². The van der Waals surface area contributed by atoms with Crippen LogP contribution in [0.3, 0.4) is 0 Å². The minimum atomic E-state index is -0.785. The lowest BCUT2D eigenvalue weighted by Gasteiger charge is -2.43. The molecule has 172 valence electrons. The highest BCUT2D eigenvalue weighted by atomic mass is 19.1. The van der Waals surface area contributed by atoms with E-state index in [-0.39, 0.29) is 17.5 Å². The molecule has 0 bridgehead atoms. The van der Waals surface area contributed by atoms with Gasteiger partial charge in [0.15, 0.2) is 0 Å². The van der Waals surface area contributed by atoms with Gasteiger partial charge in [-0.25, -0.2) is 4.98 Å². The summed E-state index contributed by atoms with van der Waals surface area (Å²) in [7, 11) is 0. The molecular formula is C24H25FN4O4. The minimum Gasteiger partial charge on any atom is -0.485 e. The second-order valence-electron chi connectivity index (χ2n) is 8.64. The average Bonchev–Trinajstić information content (AvgIpc) is 3.01. The van der Waals surface area contributed by atoms with Crippen LogP contribution in [-0.2, 0) is 16.1 Å². The molecule has 1 aromatic heterocycles. The molecule has 0 aliphatic carbocycles. The molecule has 5 rings (SSSR count). The molecule has 1 aromatic carbocycles. The molecule has 1 saturated heterocycles. The molecule has 1 fully saturated rings. The zero-order valence-corrected chi connectivity index (χ0v) is 18.2. The molecule has 1 unspecified atom stereocenters. The molecule has 0 radical (unpaired) electrons. The first-order chi connectivity index (χ1) is 16.0. The highest BCUT2D eigenvalue weighted by Crippen LogP contribution is 2.36. The van der Waals surface area contributed by atoms with Crippen molar-refractivity contribution in [3.05, 3.63) is 66.0 Å². The SMILES string of the molecule is O=C(c1cncc(F)n1)N1CCC2(CC1)CN(C(=O)C1CC=CCO1)Cc1ccccc1O2. The lowest BCUT2D eigenvalue weighted by molar-refractivity contribution is -0.147. The smallest absolute Gasteiger partial charge is 0.274 e. The van der Waals surface area contributed by atoms with Crippen molar-refractivity contribution in [2.24, 2.45) is 0 Å². The third-order valence-electron chi connectivity index (χ3n) is 6.42. The molecule has 2 amide bonds. The summed E-state index contributed by atoms with van der Waals surface area (Å²) in [6, 6.07) is 7.74. The van der Waals surface area contributed by atoms with Gasteiger partial charge < -0.3 is 19.3 Å². The maximum atomic E-state index is 13.4. The van der Waals surface area contributed by atoms with Gasteiger partial charge in [0.05, 0.1) is 25.5 Å². The quantitative estimate of drug-likeness (QED) is 0.651. The molecule has 33 heavy (non-hydrogen) atoms. The number of nitrogens with zero attached hydrogens (tertiary/aromatic N) is 4. The maximum Gasteiger partial charge on any atom is 0.274 e. The minimum absolute atomic E-state index is 0.0163. The van der Waals surface area contributed by atoms with Crippen LogP contribution in [0.5, 0.6) is 5.75 Å². The highest BCUT2D eigenvalue weighted by Gasteiger charge is 2.44. The number of hydrogen-bond acceptors (Lipinski definition) is 6. The highest BCUT2D eigenvalue weighted by molar-refractivity contribution is 5.92. The third kappa shape index (κ3) is 4.45. The van der Waals surface area contributed by atoms with Crippen molar-refractivity contribution in [2.75, 3.05) is 26.2 Å². The Balaban J connectivity index is 1.36. The predicted octanol–water partition coefficient (Wildman–Crippen LogP) is 2.36.